The highest BCUT2D eigenvalue weighted by Crippen LogP contribution is 2.21. The Bertz CT molecular complexity index is 750. The van der Waals surface area contributed by atoms with Crippen LogP contribution in [-0.2, 0) is 13.0 Å². The van der Waals surface area contributed by atoms with Gasteiger partial charge in [-0.05, 0) is 30.5 Å². The molecular weight excluding hydrogens is 266 g/mol. The van der Waals surface area contributed by atoms with E-state index in [9.17, 15) is 0 Å². The second kappa shape index (κ2) is 5.48. The zero-order valence-electron chi connectivity index (χ0n) is 11.3. The van der Waals surface area contributed by atoms with Gasteiger partial charge in [-0.2, -0.15) is 5.26 Å². The van der Waals surface area contributed by atoms with Crippen molar-refractivity contribution in [3.05, 3.63) is 52.5 Å². The lowest BCUT2D eigenvalue weighted by molar-refractivity contribution is 0.575. The lowest BCUT2D eigenvalue weighted by Gasteiger charge is -2.09. The van der Waals surface area contributed by atoms with Crippen LogP contribution in [0.15, 0.2) is 41.8 Å². The molecule has 0 fully saturated rings. The van der Waals surface area contributed by atoms with Gasteiger partial charge in [-0.15, -0.1) is 11.3 Å². The van der Waals surface area contributed by atoms with Crippen LogP contribution in [0.2, 0.25) is 0 Å². The van der Waals surface area contributed by atoms with Crippen LogP contribution in [0, 0.1) is 17.2 Å². The third-order valence-corrected chi connectivity index (χ3v) is 4.20. The van der Waals surface area contributed by atoms with E-state index in [4.69, 9.17) is 10.2 Å². The van der Waals surface area contributed by atoms with Crippen molar-refractivity contribution in [2.24, 2.45) is 5.92 Å². The first-order valence-corrected chi connectivity index (χ1v) is 7.52. The molecule has 0 amide bonds. The molecule has 0 aliphatic heterocycles. The summed E-state index contributed by atoms with van der Waals surface area (Å²) >= 11 is 1.74. The molecule has 0 saturated carbocycles. The number of rotatable bonds is 4. The lowest BCUT2D eigenvalue weighted by Crippen LogP contribution is -2.09. The van der Waals surface area contributed by atoms with Gasteiger partial charge in [-0.1, -0.05) is 18.2 Å². The predicted octanol–water partition coefficient (Wildman–Crippen LogP) is 3.85. The number of nitriles is 1. The zero-order valence-corrected chi connectivity index (χ0v) is 12.1. The van der Waals surface area contributed by atoms with E-state index in [1.807, 2.05) is 25.1 Å². The third-order valence-electron chi connectivity index (χ3n) is 3.32. The summed E-state index contributed by atoms with van der Waals surface area (Å²) in [4.78, 5) is 6.03. The Hall–Kier alpha value is -2.12. The van der Waals surface area contributed by atoms with E-state index >= 15 is 0 Å². The lowest BCUT2D eigenvalue weighted by atomic mass is 10.2. The molecule has 1 atom stereocenters. The molecule has 0 aliphatic carbocycles. The smallest absolute Gasteiger partial charge is 0.115 e. The van der Waals surface area contributed by atoms with Crippen molar-refractivity contribution >= 4 is 22.4 Å². The number of thiophene rings is 1. The molecule has 3 nitrogen and oxygen atoms in total. The quantitative estimate of drug-likeness (QED) is 0.729. The Morgan fingerprint density at radius 2 is 2.15 bits per heavy atom. The maximum absolute atomic E-state index is 9.07. The second-order valence-electron chi connectivity index (χ2n) is 4.91. The SMILES string of the molecule is CC(C#N)Cn1c(Cc2cccs2)nc2ccccc21. The van der Waals surface area contributed by atoms with E-state index in [0.717, 1.165) is 23.3 Å². The van der Waals surface area contributed by atoms with E-state index in [1.165, 1.54) is 4.88 Å². The molecule has 0 bridgehead atoms. The molecule has 4 heteroatoms. The van der Waals surface area contributed by atoms with Crippen molar-refractivity contribution in [2.45, 2.75) is 19.9 Å². The first-order chi connectivity index (χ1) is 9.78. The summed E-state index contributed by atoms with van der Waals surface area (Å²) < 4.78 is 2.18. The molecule has 1 aromatic carbocycles. The van der Waals surface area contributed by atoms with Gasteiger partial charge in [0.15, 0.2) is 0 Å². The fourth-order valence-electron chi connectivity index (χ4n) is 2.35. The first kappa shape index (κ1) is 12.9. The van der Waals surface area contributed by atoms with E-state index in [1.54, 1.807) is 11.3 Å². The van der Waals surface area contributed by atoms with Crippen molar-refractivity contribution < 1.29 is 0 Å². The average molecular weight is 281 g/mol. The highest BCUT2D eigenvalue weighted by atomic mass is 32.1. The molecule has 0 spiro atoms. The molecule has 0 saturated heterocycles. The zero-order chi connectivity index (χ0) is 13.9. The topological polar surface area (TPSA) is 41.6 Å². The van der Waals surface area contributed by atoms with Crippen LogP contribution in [0.1, 0.15) is 17.6 Å². The molecular formula is C16H15N3S. The number of para-hydroxylation sites is 2. The number of hydrogen-bond donors (Lipinski definition) is 0. The van der Waals surface area contributed by atoms with Gasteiger partial charge in [0.25, 0.3) is 0 Å². The summed E-state index contributed by atoms with van der Waals surface area (Å²) in [5, 5.41) is 11.2. The summed E-state index contributed by atoms with van der Waals surface area (Å²) in [5.74, 6) is 1.02. The number of imidazole rings is 1. The van der Waals surface area contributed by atoms with Crippen LogP contribution >= 0.6 is 11.3 Å². The summed E-state index contributed by atoms with van der Waals surface area (Å²) in [7, 11) is 0. The van der Waals surface area contributed by atoms with Gasteiger partial charge < -0.3 is 4.57 Å². The number of aromatic nitrogens is 2. The average Bonchev–Trinajstić information content (AvgIpc) is 3.08. The molecule has 3 rings (SSSR count). The molecule has 2 aromatic heterocycles. The first-order valence-electron chi connectivity index (χ1n) is 6.64. The van der Waals surface area contributed by atoms with Crippen molar-refractivity contribution in [3.63, 3.8) is 0 Å². The number of nitrogens with zero attached hydrogens (tertiary/aromatic N) is 3. The molecule has 20 heavy (non-hydrogen) atoms. The van der Waals surface area contributed by atoms with Crippen molar-refractivity contribution in [2.75, 3.05) is 0 Å². The molecule has 2 heterocycles. The van der Waals surface area contributed by atoms with Crippen LogP contribution in [-0.4, -0.2) is 9.55 Å². The minimum atomic E-state index is -0.0188. The minimum absolute atomic E-state index is 0.0188. The summed E-state index contributed by atoms with van der Waals surface area (Å²) in [5.41, 5.74) is 2.12. The minimum Gasteiger partial charge on any atom is -0.326 e. The second-order valence-corrected chi connectivity index (χ2v) is 5.95. The number of fused-ring (bicyclic) bond motifs is 1. The summed E-state index contributed by atoms with van der Waals surface area (Å²) in [6.45, 7) is 2.64. The maximum Gasteiger partial charge on any atom is 0.115 e. The Balaban J connectivity index is 2.05. The van der Waals surface area contributed by atoms with Gasteiger partial charge in [-0.25, -0.2) is 4.98 Å². The van der Waals surface area contributed by atoms with Gasteiger partial charge in [0.05, 0.1) is 23.0 Å². The molecule has 0 radical (unpaired) electrons. The van der Waals surface area contributed by atoms with Crippen LogP contribution in [0.5, 0.6) is 0 Å². The predicted molar refractivity (Wildman–Crippen MR) is 81.6 cm³/mol. The molecule has 0 N–H and O–H groups in total. The summed E-state index contributed by atoms with van der Waals surface area (Å²) in [6.07, 6.45) is 0.824. The third kappa shape index (κ3) is 2.45. The van der Waals surface area contributed by atoms with E-state index < -0.39 is 0 Å². The van der Waals surface area contributed by atoms with Gasteiger partial charge in [0, 0.05) is 17.8 Å². The fraction of sp³-hybridized carbons (Fsp3) is 0.250. The van der Waals surface area contributed by atoms with Crippen molar-refractivity contribution in [1.82, 2.24) is 9.55 Å². The van der Waals surface area contributed by atoms with Crippen LogP contribution in [0.25, 0.3) is 11.0 Å². The summed E-state index contributed by atoms with van der Waals surface area (Å²) in [6, 6.07) is 14.6. The molecule has 1 unspecified atom stereocenters. The van der Waals surface area contributed by atoms with E-state index in [-0.39, 0.29) is 5.92 Å². The fourth-order valence-corrected chi connectivity index (χ4v) is 3.05. The Kier molecular flexibility index (Phi) is 3.53. The van der Waals surface area contributed by atoms with Crippen molar-refractivity contribution in [3.8, 4) is 6.07 Å². The van der Waals surface area contributed by atoms with E-state index in [2.05, 4.69) is 34.2 Å². The van der Waals surface area contributed by atoms with Crippen LogP contribution in [0.4, 0.5) is 0 Å². The molecule has 100 valence electrons. The monoisotopic (exact) mass is 281 g/mol. The Morgan fingerprint density at radius 1 is 1.30 bits per heavy atom. The van der Waals surface area contributed by atoms with E-state index in [0.29, 0.717) is 6.54 Å². The van der Waals surface area contributed by atoms with Gasteiger partial charge >= 0.3 is 0 Å². The number of benzene rings is 1. The normalized spacial score (nSPS) is 12.4. The Morgan fingerprint density at radius 3 is 2.90 bits per heavy atom. The highest BCUT2D eigenvalue weighted by Gasteiger charge is 2.13. The highest BCUT2D eigenvalue weighted by molar-refractivity contribution is 7.09. The molecule has 0 aliphatic rings. The van der Waals surface area contributed by atoms with Crippen molar-refractivity contribution in [1.29, 1.82) is 5.26 Å². The van der Waals surface area contributed by atoms with Gasteiger partial charge in [0.1, 0.15) is 5.82 Å². The molecule has 3 aromatic rings. The largest absolute Gasteiger partial charge is 0.326 e. The number of hydrogen-bond acceptors (Lipinski definition) is 3. The maximum atomic E-state index is 9.07. The Labute approximate surface area is 122 Å². The van der Waals surface area contributed by atoms with Crippen LogP contribution in [0.3, 0.4) is 0 Å². The van der Waals surface area contributed by atoms with Gasteiger partial charge in [0.2, 0.25) is 0 Å². The van der Waals surface area contributed by atoms with Gasteiger partial charge in [-0.3, -0.25) is 0 Å². The standard InChI is InChI=1S/C16H15N3S/c1-12(10-17)11-19-15-7-3-2-6-14(15)18-16(19)9-13-5-4-8-20-13/h2-8,12H,9,11H2,1H3. The van der Waals surface area contributed by atoms with Crippen LogP contribution < -0.4 is 0 Å².